The third-order valence-corrected chi connectivity index (χ3v) is 3.54. The van der Waals surface area contributed by atoms with Crippen molar-refractivity contribution in [3.63, 3.8) is 0 Å². The van der Waals surface area contributed by atoms with E-state index >= 15 is 0 Å². The van der Waals surface area contributed by atoms with E-state index in [0.717, 1.165) is 30.9 Å². The molecule has 1 N–H and O–H groups in total. The molecule has 2 heteroatoms. The first-order chi connectivity index (χ1) is 10.2. The van der Waals surface area contributed by atoms with E-state index in [2.05, 4.69) is 74.6 Å². The molecule has 0 fully saturated rings. The molecule has 2 rings (SSSR count). The third kappa shape index (κ3) is 4.25. The predicted molar refractivity (Wildman–Crippen MR) is 90.1 cm³/mol. The van der Waals surface area contributed by atoms with Crippen LogP contribution in [0.3, 0.4) is 0 Å². The Kier molecular flexibility index (Phi) is 5.68. The van der Waals surface area contributed by atoms with E-state index in [0.29, 0.717) is 6.04 Å². The van der Waals surface area contributed by atoms with E-state index in [9.17, 15) is 0 Å². The van der Waals surface area contributed by atoms with Crippen LogP contribution in [0.2, 0.25) is 0 Å². The van der Waals surface area contributed by atoms with Crippen molar-refractivity contribution in [3.8, 4) is 5.75 Å². The molecule has 2 aromatic carbocycles. The summed E-state index contributed by atoms with van der Waals surface area (Å²) in [5.74, 6) is 0.950. The van der Waals surface area contributed by atoms with E-state index < -0.39 is 0 Å². The van der Waals surface area contributed by atoms with E-state index in [1.54, 1.807) is 0 Å². The first-order valence-electron chi connectivity index (χ1n) is 7.79. The lowest BCUT2D eigenvalue weighted by Gasteiger charge is -2.21. The average Bonchev–Trinajstić information content (AvgIpc) is 2.53. The van der Waals surface area contributed by atoms with E-state index in [4.69, 9.17) is 4.74 Å². The molecule has 0 aliphatic heterocycles. The van der Waals surface area contributed by atoms with Crippen molar-refractivity contribution in [3.05, 3.63) is 59.7 Å². The first kappa shape index (κ1) is 15.4. The maximum absolute atomic E-state index is 5.89. The number of nitrogens with one attached hydrogen (secondary N) is 1. The van der Waals surface area contributed by atoms with Crippen molar-refractivity contribution in [1.29, 1.82) is 0 Å². The van der Waals surface area contributed by atoms with Gasteiger partial charge in [-0.2, -0.15) is 0 Å². The number of benzene rings is 2. The standard InChI is InChI=1S/C19H25NO/c1-4-13-21-19-14-15(3)11-12-18(19)20-17(5-2)16-9-7-6-8-10-16/h6-12,14,17,20H,4-5,13H2,1-3H3. The SMILES string of the molecule is CCCOc1cc(C)ccc1NC(CC)c1ccccc1. The Bertz CT molecular complexity index is 551. The summed E-state index contributed by atoms with van der Waals surface area (Å²) in [7, 11) is 0. The largest absolute Gasteiger partial charge is 0.491 e. The lowest BCUT2D eigenvalue weighted by molar-refractivity contribution is 0.318. The van der Waals surface area contributed by atoms with E-state index in [-0.39, 0.29) is 0 Å². The summed E-state index contributed by atoms with van der Waals surface area (Å²) < 4.78 is 5.89. The van der Waals surface area contributed by atoms with Crippen LogP contribution in [0.1, 0.15) is 43.9 Å². The molecule has 0 spiro atoms. The minimum absolute atomic E-state index is 0.304. The summed E-state index contributed by atoms with van der Waals surface area (Å²) in [5, 5.41) is 3.62. The third-order valence-electron chi connectivity index (χ3n) is 3.54. The molecule has 112 valence electrons. The molecule has 0 amide bonds. The number of hydrogen-bond acceptors (Lipinski definition) is 2. The van der Waals surface area contributed by atoms with Gasteiger partial charge in [-0.25, -0.2) is 0 Å². The van der Waals surface area contributed by atoms with Crippen LogP contribution in [0.25, 0.3) is 0 Å². The zero-order chi connectivity index (χ0) is 15.1. The highest BCUT2D eigenvalue weighted by atomic mass is 16.5. The molecule has 2 nitrogen and oxygen atoms in total. The monoisotopic (exact) mass is 283 g/mol. The van der Waals surface area contributed by atoms with Gasteiger partial charge in [0.05, 0.1) is 18.3 Å². The van der Waals surface area contributed by atoms with Crippen LogP contribution in [0, 0.1) is 6.92 Å². The van der Waals surface area contributed by atoms with Gasteiger partial charge in [-0.3, -0.25) is 0 Å². The fraction of sp³-hybridized carbons (Fsp3) is 0.368. The lowest BCUT2D eigenvalue weighted by Crippen LogP contribution is -2.11. The predicted octanol–water partition coefficient (Wildman–Crippen LogP) is 5.35. The van der Waals surface area contributed by atoms with Gasteiger partial charge in [0.25, 0.3) is 0 Å². The van der Waals surface area contributed by atoms with Gasteiger partial charge in [-0.15, -0.1) is 0 Å². The van der Waals surface area contributed by atoms with E-state index in [1.807, 2.05) is 0 Å². The molecule has 1 unspecified atom stereocenters. The summed E-state index contributed by atoms with van der Waals surface area (Å²) in [5.41, 5.74) is 3.60. The minimum atomic E-state index is 0.304. The van der Waals surface area contributed by atoms with Gasteiger partial charge in [0.15, 0.2) is 0 Å². The topological polar surface area (TPSA) is 21.3 Å². The maximum Gasteiger partial charge on any atom is 0.142 e. The summed E-state index contributed by atoms with van der Waals surface area (Å²) >= 11 is 0. The number of ether oxygens (including phenoxy) is 1. The van der Waals surface area contributed by atoms with Crippen LogP contribution in [0.5, 0.6) is 5.75 Å². The Morgan fingerprint density at radius 1 is 1.05 bits per heavy atom. The molecular formula is C19H25NO. The van der Waals surface area contributed by atoms with Gasteiger partial charge >= 0.3 is 0 Å². The summed E-state index contributed by atoms with van der Waals surface area (Å²) in [6.45, 7) is 7.17. The number of aryl methyl sites for hydroxylation is 1. The molecule has 0 saturated carbocycles. The fourth-order valence-electron chi connectivity index (χ4n) is 2.37. The molecule has 0 radical (unpaired) electrons. The van der Waals surface area contributed by atoms with Crippen molar-refractivity contribution in [1.82, 2.24) is 0 Å². The van der Waals surface area contributed by atoms with Crippen LogP contribution in [-0.2, 0) is 0 Å². The Balaban J connectivity index is 2.20. The zero-order valence-corrected chi connectivity index (χ0v) is 13.2. The second kappa shape index (κ2) is 7.72. The van der Waals surface area contributed by atoms with Crippen LogP contribution in [0.4, 0.5) is 5.69 Å². The van der Waals surface area contributed by atoms with Crippen LogP contribution >= 0.6 is 0 Å². The van der Waals surface area contributed by atoms with Gasteiger partial charge < -0.3 is 10.1 Å². The quantitative estimate of drug-likeness (QED) is 0.740. The second-order valence-corrected chi connectivity index (χ2v) is 5.36. The van der Waals surface area contributed by atoms with Crippen molar-refractivity contribution >= 4 is 5.69 Å². The molecule has 0 saturated heterocycles. The lowest BCUT2D eigenvalue weighted by atomic mass is 10.0. The molecule has 0 heterocycles. The number of anilines is 1. The zero-order valence-electron chi connectivity index (χ0n) is 13.2. The highest BCUT2D eigenvalue weighted by Gasteiger charge is 2.12. The molecule has 2 aromatic rings. The first-order valence-corrected chi connectivity index (χ1v) is 7.79. The molecule has 0 bridgehead atoms. The molecule has 21 heavy (non-hydrogen) atoms. The Morgan fingerprint density at radius 3 is 2.48 bits per heavy atom. The molecule has 0 aromatic heterocycles. The van der Waals surface area contributed by atoms with Gasteiger partial charge in [0.2, 0.25) is 0 Å². The van der Waals surface area contributed by atoms with Crippen LogP contribution in [0.15, 0.2) is 48.5 Å². The molecule has 0 aliphatic carbocycles. The summed E-state index contributed by atoms with van der Waals surface area (Å²) in [4.78, 5) is 0. The molecule has 0 aliphatic rings. The van der Waals surface area contributed by atoms with Crippen molar-refractivity contribution < 1.29 is 4.74 Å². The summed E-state index contributed by atoms with van der Waals surface area (Å²) in [6, 6.07) is 17.2. The van der Waals surface area contributed by atoms with Crippen LogP contribution in [-0.4, -0.2) is 6.61 Å². The van der Waals surface area contributed by atoms with Crippen LogP contribution < -0.4 is 10.1 Å². The van der Waals surface area contributed by atoms with Gasteiger partial charge in [0, 0.05) is 0 Å². The van der Waals surface area contributed by atoms with E-state index in [1.165, 1.54) is 11.1 Å². The van der Waals surface area contributed by atoms with Gasteiger partial charge in [-0.1, -0.05) is 50.2 Å². The number of rotatable bonds is 7. The fourth-order valence-corrected chi connectivity index (χ4v) is 2.37. The normalized spacial score (nSPS) is 12.0. The highest BCUT2D eigenvalue weighted by Crippen LogP contribution is 2.30. The Hall–Kier alpha value is -1.96. The molecule has 1 atom stereocenters. The maximum atomic E-state index is 5.89. The average molecular weight is 283 g/mol. The Labute approximate surface area is 128 Å². The highest BCUT2D eigenvalue weighted by molar-refractivity contribution is 5.58. The second-order valence-electron chi connectivity index (χ2n) is 5.36. The van der Waals surface area contributed by atoms with Gasteiger partial charge in [0.1, 0.15) is 5.75 Å². The van der Waals surface area contributed by atoms with Crippen molar-refractivity contribution in [2.75, 3.05) is 11.9 Å². The van der Waals surface area contributed by atoms with Crippen molar-refractivity contribution in [2.24, 2.45) is 0 Å². The Morgan fingerprint density at radius 2 is 1.81 bits per heavy atom. The van der Waals surface area contributed by atoms with Gasteiger partial charge in [-0.05, 0) is 43.0 Å². The minimum Gasteiger partial charge on any atom is -0.491 e. The van der Waals surface area contributed by atoms with Crippen molar-refractivity contribution in [2.45, 2.75) is 39.7 Å². The summed E-state index contributed by atoms with van der Waals surface area (Å²) in [6.07, 6.45) is 2.05. The molecular weight excluding hydrogens is 258 g/mol. The smallest absolute Gasteiger partial charge is 0.142 e. The number of hydrogen-bond donors (Lipinski definition) is 1.